The molecule has 1 unspecified atom stereocenters. The summed E-state index contributed by atoms with van der Waals surface area (Å²) in [5, 5.41) is 6.68. The Kier molecular flexibility index (Phi) is 8.76. The summed E-state index contributed by atoms with van der Waals surface area (Å²) in [6, 6.07) is 7.57. The second-order valence-corrected chi connectivity index (χ2v) is 9.40. The van der Waals surface area contributed by atoms with Crippen molar-refractivity contribution in [2.75, 3.05) is 20.1 Å². The van der Waals surface area contributed by atoms with E-state index in [0.29, 0.717) is 36.5 Å². The number of halogens is 1. The Balaban J connectivity index is 0.00000280. The van der Waals surface area contributed by atoms with Gasteiger partial charge >= 0.3 is 0 Å². The minimum Gasteiger partial charge on any atom is -0.353 e. The van der Waals surface area contributed by atoms with Gasteiger partial charge in [-0.1, -0.05) is 31.2 Å². The summed E-state index contributed by atoms with van der Waals surface area (Å²) >= 11 is 0. The fraction of sp³-hybridized carbons (Fsp3) is 0.550. The van der Waals surface area contributed by atoms with Gasteiger partial charge in [-0.15, -0.1) is 24.0 Å². The number of piperidine rings is 1. The summed E-state index contributed by atoms with van der Waals surface area (Å²) in [6.07, 6.45) is 8.42. The first-order chi connectivity index (χ1) is 13.0. The van der Waals surface area contributed by atoms with Gasteiger partial charge in [0.25, 0.3) is 0 Å². The minimum atomic E-state index is -3.39. The van der Waals surface area contributed by atoms with Crippen LogP contribution >= 0.6 is 24.0 Å². The van der Waals surface area contributed by atoms with E-state index in [0.717, 1.165) is 37.2 Å². The Morgan fingerprint density at radius 3 is 2.50 bits per heavy atom. The van der Waals surface area contributed by atoms with Crippen molar-refractivity contribution in [3.05, 3.63) is 42.0 Å². The summed E-state index contributed by atoms with van der Waals surface area (Å²) < 4.78 is 27.3. The maximum atomic E-state index is 12.8. The van der Waals surface area contributed by atoms with Crippen molar-refractivity contribution in [2.45, 2.75) is 50.1 Å². The highest BCUT2D eigenvalue weighted by Gasteiger charge is 2.28. The average molecular weight is 518 g/mol. The zero-order valence-corrected chi connectivity index (χ0v) is 19.7. The maximum absolute atomic E-state index is 12.8. The first kappa shape index (κ1) is 23.2. The summed E-state index contributed by atoms with van der Waals surface area (Å²) in [4.78, 5) is 4.63. The van der Waals surface area contributed by atoms with Gasteiger partial charge in [0, 0.05) is 32.7 Å². The molecular formula is C20H31IN4O2S. The normalized spacial score (nSPS) is 21.4. The number of hydrogen-bond donors (Lipinski definition) is 2. The number of rotatable bonds is 5. The highest BCUT2D eigenvalue weighted by Crippen LogP contribution is 2.23. The molecule has 1 aliphatic carbocycles. The monoisotopic (exact) mass is 518 g/mol. The lowest BCUT2D eigenvalue weighted by molar-refractivity contribution is 0.281. The van der Waals surface area contributed by atoms with Crippen molar-refractivity contribution in [1.82, 2.24) is 14.9 Å². The van der Waals surface area contributed by atoms with Gasteiger partial charge in [-0.2, -0.15) is 4.31 Å². The molecule has 6 nitrogen and oxygen atoms in total. The predicted molar refractivity (Wildman–Crippen MR) is 125 cm³/mol. The molecule has 0 bridgehead atoms. The average Bonchev–Trinajstić information content (AvgIpc) is 3.18. The quantitative estimate of drug-likeness (QED) is 0.272. The van der Waals surface area contributed by atoms with Gasteiger partial charge in [-0.3, -0.25) is 4.99 Å². The molecule has 1 fully saturated rings. The molecule has 0 radical (unpaired) electrons. The molecule has 1 atom stereocenters. The Labute approximate surface area is 185 Å². The van der Waals surface area contributed by atoms with Crippen molar-refractivity contribution in [2.24, 2.45) is 10.9 Å². The summed E-state index contributed by atoms with van der Waals surface area (Å²) in [7, 11) is -1.64. The van der Waals surface area contributed by atoms with Crippen LogP contribution in [0.5, 0.6) is 0 Å². The van der Waals surface area contributed by atoms with Gasteiger partial charge in [-0.25, -0.2) is 8.42 Å². The highest BCUT2D eigenvalue weighted by molar-refractivity contribution is 14.0. The molecule has 2 N–H and O–H groups in total. The lowest BCUT2D eigenvalue weighted by Gasteiger charge is -2.30. The van der Waals surface area contributed by atoms with E-state index < -0.39 is 10.0 Å². The summed E-state index contributed by atoms with van der Waals surface area (Å²) in [6.45, 7) is 3.94. The van der Waals surface area contributed by atoms with Crippen LogP contribution in [0.2, 0.25) is 0 Å². The van der Waals surface area contributed by atoms with E-state index in [9.17, 15) is 8.42 Å². The van der Waals surface area contributed by atoms with E-state index in [1.165, 1.54) is 0 Å². The molecule has 156 valence electrons. The zero-order valence-electron chi connectivity index (χ0n) is 16.6. The standard InChI is InChI=1S/C20H30N4O2S.HI/c1-16-6-5-13-24(15-16)27(25,26)19-11-9-17(10-12-19)14-22-20(21-2)23-18-7-3-4-8-18;/h3-4,9-12,16,18H,5-8,13-15H2,1-2H3,(H2,21,22,23);1H. The topological polar surface area (TPSA) is 73.8 Å². The van der Waals surface area contributed by atoms with Gasteiger partial charge in [-0.05, 0) is 49.3 Å². The summed E-state index contributed by atoms with van der Waals surface area (Å²) in [5.74, 6) is 1.19. The molecule has 28 heavy (non-hydrogen) atoms. The second kappa shape index (κ2) is 10.6. The third-order valence-corrected chi connectivity index (χ3v) is 7.09. The van der Waals surface area contributed by atoms with Crippen LogP contribution < -0.4 is 10.6 Å². The number of guanidine groups is 1. The minimum absolute atomic E-state index is 0. The molecule has 8 heteroatoms. The first-order valence-electron chi connectivity index (χ1n) is 9.70. The molecule has 0 saturated carbocycles. The van der Waals surface area contributed by atoms with Crippen molar-refractivity contribution in [3.8, 4) is 0 Å². The van der Waals surface area contributed by atoms with Crippen LogP contribution in [0, 0.1) is 5.92 Å². The van der Waals surface area contributed by atoms with Crippen LogP contribution in [-0.2, 0) is 16.6 Å². The van der Waals surface area contributed by atoms with Gasteiger partial charge < -0.3 is 10.6 Å². The Morgan fingerprint density at radius 1 is 1.21 bits per heavy atom. The molecule has 1 heterocycles. The van der Waals surface area contributed by atoms with Crippen LogP contribution in [-0.4, -0.2) is 44.9 Å². The van der Waals surface area contributed by atoms with E-state index in [4.69, 9.17) is 0 Å². The first-order valence-corrected chi connectivity index (χ1v) is 11.1. The lowest BCUT2D eigenvalue weighted by Crippen LogP contribution is -2.42. The van der Waals surface area contributed by atoms with Crippen molar-refractivity contribution in [1.29, 1.82) is 0 Å². The fourth-order valence-corrected chi connectivity index (χ4v) is 5.20. The van der Waals surface area contributed by atoms with Crippen molar-refractivity contribution < 1.29 is 8.42 Å². The van der Waals surface area contributed by atoms with Gasteiger partial charge in [0.2, 0.25) is 10.0 Å². The Bertz CT molecular complexity index is 785. The largest absolute Gasteiger partial charge is 0.353 e. The van der Waals surface area contributed by atoms with E-state index in [1.807, 2.05) is 12.1 Å². The molecule has 3 rings (SSSR count). The number of aliphatic imine (C=N–C) groups is 1. The van der Waals surface area contributed by atoms with Crippen molar-refractivity contribution in [3.63, 3.8) is 0 Å². The number of nitrogens with zero attached hydrogens (tertiary/aromatic N) is 2. The number of hydrogen-bond acceptors (Lipinski definition) is 3. The molecule has 1 aromatic carbocycles. The summed E-state index contributed by atoms with van der Waals surface area (Å²) in [5.41, 5.74) is 1.02. The highest BCUT2D eigenvalue weighted by atomic mass is 127. The molecule has 0 aromatic heterocycles. The van der Waals surface area contributed by atoms with Gasteiger partial charge in [0.1, 0.15) is 0 Å². The fourth-order valence-electron chi connectivity index (χ4n) is 3.60. The van der Waals surface area contributed by atoms with Crippen LogP contribution in [0.4, 0.5) is 0 Å². The van der Waals surface area contributed by atoms with Crippen molar-refractivity contribution >= 4 is 40.0 Å². The van der Waals surface area contributed by atoms with Crippen LogP contribution in [0.3, 0.4) is 0 Å². The third kappa shape index (κ3) is 5.93. The second-order valence-electron chi connectivity index (χ2n) is 7.46. The van der Waals surface area contributed by atoms with E-state index >= 15 is 0 Å². The molecule has 1 saturated heterocycles. The predicted octanol–water partition coefficient (Wildman–Crippen LogP) is 3.11. The smallest absolute Gasteiger partial charge is 0.243 e. The van der Waals surface area contributed by atoms with Crippen LogP contribution in [0.1, 0.15) is 38.2 Å². The molecule has 1 aromatic rings. The van der Waals surface area contributed by atoms with E-state index in [-0.39, 0.29) is 24.0 Å². The third-order valence-electron chi connectivity index (χ3n) is 5.21. The van der Waals surface area contributed by atoms with Gasteiger partial charge in [0.15, 0.2) is 5.96 Å². The molecule has 0 amide bonds. The lowest BCUT2D eigenvalue weighted by atomic mass is 10.0. The maximum Gasteiger partial charge on any atom is 0.243 e. The SMILES string of the molecule is CN=C(NCc1ccc(S(=O)(=O)N2CCCC(C)C2)cc1)NC1CC=CC1.I. The van der Waals surface area contributed by atoms with Crippen LogP contribution in [0.25, 0.3) is 0 Å². The zero-order chi connectivity index (χ0) is 19.3. The van der Waals surface area contributed by atoms with Crippen LogP contribution in [0.15, 0.2) is 46.3 Å². The Hall–Kier alpha value is -1.13. The van der Waals surface area contributed by atoms with Gasteiger partial charge in [0.05, 0.1) is 4.90 Å². The molecule has 1 aliphatic heterocycles. The number of nitrogens with one attached hydrogen (secondary N) is 2. The molecule has 0 spiro atoms. The molecular weight excluding hydrogens is 487 g/mol. The number of benzene rings is 1. The molecule has 2 aliphatic rings. The Morgan fingerprint density at radius 2 is 1.89 bits per heavy atom. The van der Waals surface area contributed by atoms with E-state index in [1.54, 1.807) is 23.5 Å². The van der Waals surface area contributed by atoms with E-state index in [2.05, 4.69) is 34.7 Å². The number of sulfonamides is 1.